The Morgan fingerprint density at radius 3 is 2.40 bits per heavy atom. The van der Waals surface area contributed by atoms with E-state index in [1.165, 1.54) is 12.1 Å². The van der Waals surface area contributed by atoms with E-state index in [2.05, 4.69) is 21.7 Å². The molecule has 11 heteroatoms. The van der Waals surface area contributed by atoms with E-state index >= 15 is 0 Å². The molecule has 0 bridgehead atoms. The minimum Gasteiger partial charge on any atom is -0.351 e. The molecular weight excluding hydrogens is 597 g/mol. The van der Waals surface area contributed by atoms with Crippen LogP contribution in [-0.2, 0) is 30.5 Å². The number of aromatic nitrogens is 2. The summed E-state index contributed by atoms with van der Waals surface area (Å²) >= 11 is 5.72. The number of thiocarbonyl (C=S) groups is 1. The van der Waals surface area contributed by atoms with Gasteiger partial charge in [-0.05, 0) is 66.5 Å². The fourth-order valence-corrected chi connectivity index (χ4v) is 5.06. The van der Waals surface area contributed by atoms with Crippen LogP contribution < -0.4 is 10.6 Å². The van der Waals surface area contributed by atoms with Gasteiger partial charge in [0.05, 0.1) is 29.9 Å². The molecule has 0 unspecified atom stereocenters. The zero-order chi connectivity index (χ0) is 32.6. The van der Waals surface area contributed by atoms with Gasteiger partial charge in [0.25, 0.3) is 0 Å². The van der Waals surface area contributed by atoms with Crippen LogP contribution in [0.15, 0.2) is 85.3 Å². The zero-order valence-electron chi connectivity index (χ0n) is 25.3. The number of halogens is 3. The molecule has 4 rings (SSSR count). The fourth-order valence-electron chi connectivity index (χ4n) is 4.80. The second kappa shape index (κ2) is 14.9. The van der Waals surface area contributed by atoms with Crippen LogP contribution in [0.3, 0.4) is 0 Å². The van der Waals surface area contributed by atoms with E-state index in [4.69, 9.17) is 17.5 Å². The third kappa shape index (κ3) is 9.40. The first-order valence-corrected chi connectivity index (χ1v) is 14.9. The molecule has 0 aliphatic rings. The molecule has 0 saturated carbocycles. The number of amides is 1. The quantitative estimate of drug-likeness (QED) is 0.179. The number of aryl methyl sites for hydroxylation is 1. The van der Waals surface area contributed by atoms with E-state index in [-0.39, 0.29) is 42.0 Å². The van der Waals surface area contributed by atoms with Crippen molar-refractivity contribution >= 4 is 28.9 Å². The molecule has 0 aliphatic heterocycles. The van der Waals surface area contributed by atoms with Crippen LogP contribution in [0, 0.1) is 24.2 Å². The largest absolute Gasteiger partial charge is 0.416 e. The van der Waals surface area contributed by atoms with Crippen LogP contribution >= 0.6 is 12.2 Å². The number of nitrogens with one attached hydrogen (secondary N) is 2. The minimum absolute atomic E-state index is 0.0555. The molecule has 1 amide bonds. The summed E-state index contributed by atoms with van der Waals surface area (Å²) in [6.07, 6.45) is -1.19. The van der Waals surface area contributed by atoms with Gasteiger partial charge in [-0.1, -0.05) is 61.9 Å². The summed E-state index contributed by atoms with van der Waals surface area (Å²) in [7, 11) is 0. The van der Waals surface area contributed by atoms with Crippen LogP contribution in [0.4, 0.5) is 18.9 Å². The van der Waals surface area contributed by atoms with Gasteiger partial charge in [-0.15, -0.1) is 0 Å². The molecule has 0 spiro atoms. The second-order valence-electron chi connectivity index (χ2n) is 11.2. The van der Waals surface area contributed by atoms with Crippen molar-refractivity contribution in [1.29, 1.82) is 5.26 Å². The third-order valence-corrected chi connectivity index (χ3v) is 7.78. The highest BCUT2D eigenvalue weighted by molar-refractivity contribution is 7.80. The average molecular weight is 633 g/mol. The van der Waals surface area contributed by atoms with E-state index < -0.39 is 17.8 Å². The molecule has 0 radical (unpaired) electrons. The number of hydrogen-bond acceptors (Lipinski definition) is 4. The summed E-state index contributed by atoms with van der Waals surface area (Å²) < 4.78 is 43.5. The van der Waals surface area contributed by atoms with Crippen molar-refractivity contribution in [2.45, 2.75) is 52.5 Å². The Kier molecular flexibility index (Phi) is 11.0. The molecular formula is C34H35F3N6OS. The van der Waals surface area contributed by atoms with E-state index in [1.807, 2.05) is 61.7 Å². The van der Waals surface area contributed by atoms with Crippen molar-refractivity contribution in [2.75, 3.05) is 11.9 Å². The lowest BCUT2D eigenvalue weighted by Gasteiger charge is -2.33. The number of nitriles is 1. The molecule has 234 valence electrons. The standard InChI is InChI=1S/C34H35F3N6OS/c1-23(2)31(41-32(44)16-29-18-39-22-43(29)19-26-12-10-25(17-38)11-13-26)21-42(33(45)40-28-14-8-24(3)9-15-28)20-27-6-4-5-7-30(27)34(35,36)37/h4-15,18,22-23,31H,16,19-21H2,1-3H3,(H,40,45)(H,41,44)/t31-/m1/s1. The third-order valence-electron chi connectivity index (χ3n) is 7.42. The van der Waals surface area contributed by atoms with Crippen LogP contribution in [0.2, 0.25) is 0 Å². The molecule has 4 aromatic rings. The number of benzene rings is 3. The van der Waals surface area contributed by atoms with Crippen LogP contribution in [0.25, 0.3) is 0 Å². The topological polar surface area (TPSA) is 86.0 Å². The van der Waals surface area contributed by atoms with Crippen molar-refractivity contribution in [3.8, 4) is 6.07 Å². The lowest BCUT2D eigenvalue weighted by Crippen LogP contribution is -2.49. The van der Waals surface area contributed by atoms with Crippen molar-refractivity contribution in [3.63, 3.8) is 0 Å². The maximum absolute atomic E-state index is 13.9. The summed E-state index contributed by atoms with van der Waals surface area (Å²) in [5, 5.41) is 15.5. The Hall–Kier alpha value is -4.69. The minimum atomic E-state index is -4.53. The van der Waals surface area contributed by atoms with Crippen LogP contribution in [0.1, 0.15) is 47.4 Å². The van der Waals surface area contributed by atoms with Crippen LogP contribution in [-0.4, -0.2) is 38.1 Å². The molecule has 0 fully saturated rings. The van der Waals surface area contributed by atoms with E-state index in [0.29, 0.717) is 23.5 Å². The maximum atomic E-state index is 13.9. The fraction of sp³-hybridized carbons (Fsp3) is 0.294. The molecule has 0 aliphatic carbocycles. The molecule has 7 nitrogen and oxygen atoms in total. The van der Waals surface area contributed by atoms with Gasteiger partial charge in [-0.3, -0.25) is 4.79 Å². The Morgan fingerprint density at radius 1 is 1.07 bits per heavy atom. The number of anilines is 1. The summed E-state index contributed by atoms with van der Waals surface area (Å²) in [5.74, 6) is -0.302. The molecule has 3 aromatic carbocycles. The molecule has 2 N–H and O–H groups in total. The number of nitrogens with zero attached hydrogens (tertiary/aromatic N) is 4. The highest BCUT2D eigenvalue weighted by Gasteiger charge is 2.34. The smallest absolute Gasteiger partial charge is 0.351 e. The van der Waals surface area contributed by atoms with Crippen molar-refractivity contribution in [1.82, 2.24) is 19.8 Å². The average Bonchev–Trinajstić information content (AvgIpc) is 3.43. The van der Waals surface area contributed by atoms with Gasteiger partial charge in [0, 0.05) is 43.3 Å². The zero-order valence-corrected chi connectivity index (χ0v) is 26.1. The lowest BCUT2D eigenvalue weighted by molar-refractivity contribution is -0.138. The SMILES string of the molecule is Cc1ccc(NC(=S)N(Cc2ccccc2C(F)(F)F)C[C@@H](NC(=O)Cc2cncn2Cc2ccc(C#N)cc2)C(C)C)cc1. The summed E-state index contributed by atoms with van der Waals surface area (Å²) in [5.41, 5.74) is 3.34. The summed E-state index contributed by atoms with van der Waals surface area (Å²) in [4.78, 5) is 19.2. The molecule has 45 heavy (non-hydrogen) atoms. The molecule has 1 heterocycles. The first-order valence-electron chi connectivity index (χ1n) is 14.5. The summed E-state index contributed by atoms with van der Waals surface area (Å²) in [6, 6.07) is 21.8. The Bertz CT molecular complexity index is 1640. The predicted molar refractivity (Wildman–Crippen MR) is 172 cm³/mol. The molecule has 1 atom stereocenters. The van der Waals surface area contributed by atoms with Gasteiger partial charge in [-0.2, -0.15) is 18.4 Å². The number of carbonyl (C=O) groups excluding carboxylic acids is 1. The van der Waals surface area contributed by atoms with Gasteiger partial charge < -0.3 is 20.1 Å². The first-order chi connectivity index (χ1) is 21.4. The van der Waals surface area contributed by atoms with Crippen LogP contribution in [0.5, 0.6) is 0 Å². The normalized spacial score (nSPS) is 12.0. The number of carbonyl (C=O) groups is 1. The van der Waals surface area contributed by atoms with Gasteiger partial charge in [0.2, 0.25) is 5.91 Å². The highest BCUT2D eigenvalue weighted by atomic mass is 32.1. The van der Waals surface area contributed by atoms with E-state index in [0.717, 1.165) is 17.2 Å². The summed E-state index contributed by atoms with van der Waals surface area (Å²) in [6.45, 7) is 6.39. The molecule has 1 aromatic heterocycles. The van der Waals surface area contributed by atoms with E-state index in [9.17, 15) is 18.0 Å². The number of rotatable bonds is 11. The Morgan fingerprint density at radius 2 is 1.76 bits per heavy atom. The first kappa shape index (κ1) is 33.2. The van der Waals surface area contributed by atoms with Gasteiger partial charge >= 0.3 is 6.18 Å². The van der Waals surface area contributed by atoms with Crippen molar-refractivity contribution in [3.05, 3.63) is 119 Å². The maximum Gasteiger partial charge on any atom is 0.416 e. The van der Waals surface area contributed by atoms with Gasteiger partial charge in [-0.25, -0.2) is 4.98 Å². The predicted octanol–water partition coefficient (Wildman–Crippen LogP) is 6.71. The number of alkyl halides is 3. The molecule has 0 saturated heterocycles. The highest BCUT2D eigenvalue weighted by Crippen LogP contribution is 2.32. The Labute approximate surface area is 266 Å². The Balaban J connectivity index is 1.51. The van der Waals surface area contributed by atoms with Gasteiger partial charge in [0.1, 0.15) is 0 Å². The van der Waals surface area contributed by atoms with Gasteiger partial charge in [0.15, 0.2) is 5.11 Å². The second-order valence-corrected chi connectivity index (χ2v) is 11.6. The lowest BCUT2D eigenvalue weighted by atomic mass is 10.0. The number of imidazole rings is 1. The van der Waals surface area contributed by atoms with Crippen molar-refractivity contribution in [2.24, 2.45) is 5.92 Å². The monoisotopic (exact) mass is 632 g/mol. The van der Waals surface area contributed by atoms with Crippen molar-refractivity contribution < 1.29 is 18.0 Å². The number of hydrogen-bond donors (Lipinski definition) is 2. The van der Waals surface area contributed by atoms with E-state index in [1.54, 1.807) is 35.6 Å².